The van der Waals surface area contributed by atoms with Crippen molar-refractivity contribution < 1.29 is 33.4 Å². The lowest BCUT2D eigenvalue weighted by Gasteiger charge is -2.13. The predicted octanol–water partition coefficient (Wildman–Crippen LogP) is 3.82. The van der Waals surface area contributed by atoms with Gasteiger partial charge in [-0.2, -0.15) is 0 Å². The van der Waals surface area contributed by atoms with Gasteiger partial charge in [-0.05, 0) is 56.5 Å². The summed E-state index contributed by atoms with van der Waals surface area (Å²) in [6, 6.07) is 9.35. The number of esters is 3. The third-order valence-electron chi connectivity index (χ3n) is 5.27. The zero-order valence-electron chi connectivity index (χ0n) is 19.9. The van der Waals surface area contributed by atoms with Crippen LogP contribution in [0.15, 0.2) is 47.6 Å². The van der Waals surface area contributed by atoms with Crippen molar-refractivity contribution in [2.24, 2.45) is 0 Å². The minimum absolute atomic E-state index is 0.153. The van der Waals surface area contributed by atoms with E-state index in [-0.39, 0.29) is 16.7 Å². The van der Waals surface area contributed by atoms with Gasteiger partial charge in [0.05, 0.1) is 30.9 Å². The zero-order chi connectivity index (χ0) is 25.7. The van der Waals surface area contributed by atoms with Crippen LogP contribution in [0.4, 0.5) is 0 Å². The number of hydrogen-bond donors (Lipinski definition) is 0. The summed E-state index contributed by atoms with van der Waals surface area (Å²) in [5, 5.41) is 0.509. The van der Waals surface area contributed by atoms with E-state index in [1.54, 1.807) is 61.2 Å². The molecule has 0 amide bonds. The maximum Gasteiger partial charge on any atom is 0.341 e. The molecule has 182 valence electrons. The van der Waals surface area contributed by atoms with Crippen molar-refractivity contribution in [1.82, 2.24) is 9.55 Å². The summed E-state index contributed by atoms with van der Waals surface area (Å²) in [7, 11) is 2.48. The Hall–Kier alpha value is -3.92. The topological polar surface area (TPSA) is 114 Å². The van der Waals surface area contributed by atoms with E-state index in [4.69, 9.17) is 14.2 Å². The first-order valence-corrected chi connectivity index (χ1v) is 11.6. The van der Waals surface area contributed by atoms with Gasteiger partial charge in [-0.25, -0.2) is 19.4 Å². The molecular formula is C25H24N2O7S. The van der Waals surface area contributed by atoms with Crippen molar-refractivity contribution in [1.29, 1.82) is 0 Å². The SMILES string of the molecule is COC(=O)c1cc(C(=O)OC)cc(-n2c(C)cc(C(=O)COC(=O)c3cccnc3SC)c2C)c1. The summed E-state index contributed by atoms with van der Waals surface area (Å²) in [5.41, 5.74) is 2.63. The average Bonchev–Trinajstić information content (AvgIpc) is 3.19. The number of methoxy groups -OCH3 is 2. The van der Waals surface area contributed by atoms with Gasteiger partial charge in [0.25, 0.3) is 0 Å². The van der Waals surface area contributed by atoms with Crippen LogP contribution >= 0.6 is 11.8 Å². The Balaban J connectivity index is 1.91. The first-order chi connectivity index (χ1) is 16.7. The van der Waals surface area contributed by atoms with Crippen LogP contribution in [0.3, 0.4) is 0 Å². The molecular weight excluding hydrogens is 472 g/mol. The summed E-state index contributed by atoms with van der Waals surface area (Å²) < 4.78 is 16.6. The van der Waals surface area contributed by atoms with Crippen molar-refractivity contribution >= 4 is 35.5 Å². The fraction of sp³-hybridized carbons (Fsp3) is 0.240. The van der Waals surface area contributed by atoms with Gasteiger partial charge < -0.3 is 18.8 Å². The van der Waals surface area contributed by atoms with E-state index >= 15 is 0 Å². The smallest absolute Gasteiger partial charge is 0.341 e. The molecule has 0 saturated carbocycles. The first kappa shape index (κ1) is 25.7. The highest BCUT2D eigenvalue weighted by molar-refractivity contribution is 7.98. The monoisotopic (exact) mass is 496 g/mol. The van der Waals surface area contributed by atoms with Gasteiger partial charge in [-0.15, -0.1) is 11.8 Å². The molecule has 0 aliphatic rings. The van der Waals surface area contributed by atoms with E-state index < -0.39 is 30.3 Å². The number of benzene rings is 1. The van der Waals surface area contributed by atoms with Crippen LogP contribution in [0.25, 0.3) is 5.69 Å². The van der Waals surface area contributed by atoms with E-state index in [0.717, 1.165) is 0 Å². The highest BCUT2D eigenvalue weighted by Crippen LogP contribution is 2.25. The van der Waals surface area contributed by atoms with Crippen molar-refractivity contribution in [2.45, 2.75) is 18.9 Å². The van der Waals surface area contributed by atoms with Gasteiger partial charge in [0, 0.05) is 28.8 Å². The minimum atomic E-state index is -0.641. The number of aryl methyl sites for hydroxylation is 1. The van der Waals surface area contributed by atoms with Crippen LogP contribution < -0.4 is 0 Å². The number of thioether (sulfide) groups is 1. The molecule has 2 heterocycles. The number of nitrogens with zero attached hydrogens (tertiary/aromatic N) is 2. The molecule has 0 unspecified atom stereocenters. The molecule has 0 N–H and O–H groups in total. The normalized spacial score (nSPS) is 10.5. The minimum Gasteiger partial charge on any atom is -0.465 e. The van der Waals surface area contributed by atoms with Crippen molar-refractivity contribution in [3.63, 3.8) is 0 Å². The summed E-state index contributed by atoms with van der Waals surface area (Å²) in [4.78, 5) is 53.9. The number of ether oxygens (including phenoxy) is 3. The van der Waals surface area contributed by atoms with Gasteiger partial charge in [0.2, 0.25) is 5.78 Å². The molecule has 0 aliphatic carbocycles. The number of carbonyl (C=O) groups excluding carboxylic acids is 4. The number of rotatable bonds is 8. The molecule has 1 aromatic carbocycles. The second-order valence-electron chi connectivity index (χ2n) is 7.43. The standard InChI is InChI=1S/C25H24N2O7S/c1-14-9-20(21(28)13-34-25(31)19-7-6-8-26-22(19)35-5)15(2)27(14)18-11-16(23(29)32-3)10-17(12-18)24(30)33-4/h6-12H,13H2,1-5H3. The van der Waals surface area contributed by atoms with Gasteiger partial charge in [0.15, 0.2) is 6.61 Å². The van der Waals surface area contributed by atoms with Gasteiger partial charge in [-0.3, -0.25) is 4.79 Å². The number of pyridine rings is 1. The molecule has 3 rings (SSSR count). The summed E-state index contributed by atoms with van der Waals surface area (Å²) >= 11 is 1.30. The summed E-state index contributed by atoms with van der Waals surface area (Å²) in [6.07, 6.45) is 3.36. The second kappa shape index (κ2) is 11.0. The van der Waals surface area contributed by atoms with Gasteiger partial charge in [0.1, 0.15) is 5.03 Å². The molecule has 0 aliphatic heterocycles. The Morgan fingerprint density at radius 3 is 2.11 bits per heavy atom. The molecule has 0 atom stereocenters. The number of carbonyl (C=O) groups is 4. The fourth-order valence-electron chi connectivity index (χ4n) is 3.65. The fourth-order valence-corrected chi connectivity index (χ4v) is 4.19. The van der Waals surface area contributed by atoms with Gasteiger partial charge in [-0.1, -0.05) is 0 Å². The molecule has 0 radical (unpaired) electrons. The van der Waals surface area contributed by atoms with Crippen molar-refractivity contribution in [3.8, 4) is 5.69 Å². The highest BCUT2D eigenvalue weighted by atomic mass is 32.2. The Kier molecular flexibility index (Phi) is 8.08. The lowest BCUT2D eigenvalue weighted by atomic mass is 10.1. The third kappa shape index (κ3) is 5.43. The second-order valence-corrected chi connectivity index (χ2v) is 8.23. The van der Waals surface area contributed by atoms with Crippen LogP contribution in [0.1, 0.15) is 52.8 Å². The Morgan fingerprint density at radius 1 is 0.914 bits per heavy atom. The van der Waals surface area contributed by atoms with Crippen LogP contribution in [-0.2, 0) is 14.2 Å². The zero-order valence-corrected chi connectivity index (χ0v) is 20.7. The summed E-state index contributed by atoms with van der Waals surface area (Å²) in [6.45, 7) is 3.04. The molecule has 10 heteroatoms. The number of ketones is 1. The van der Waals surface area contributed by atoms with E-state index in [1.807, 2.05) is 0 Å². The van der Waals surface area contributed by atoms with Crippen LogP contribution in [0.5, 0.6) is 0 Å². The van der Waals surface area contributed by atoms with Crippen LogP contribution in [-0.4, -0.2) is 60.3 Å². The predicted molar refractivity (Wildman–Crippen MR) is 129 cm³/mol. The molecule has 2 aromatic heterocycles. The van der Waals surface area contributed by atoms with E-state index in [9.17, 15) is 19.2 Å². The maximum absolute atomic E-state index is 12.9. The average molecular weight is 497 g/mol. The largest absolute Gasteiger partial charge is 0.465 e. The highest BCUT2D eigenvalue weighted by Gasteiger charge is 2.22. The molecule has 0 bridgehead atoms. The molecule has 0 fully saturated rings. The molecule has 3 aromatic rings. The van der Waals surface area contributed by atoms with E-state index in [0.29, 0.717) is 27.7 Å². The molecule has 0 saturated heterocycles. The third-order valence-corrected chi connectivity index (χ3v) is 5.98. The summed E-state index contributed by atoms with van der Waals surface area (Å²) in [5.74, 6) is -2.28. The van der Waals surface area contributed by atoms with E-state index in [1.165, 1.54) is 32.0 Å². The Bertz CT molecular complexity index is 1280. The van der Waals surface area contributed by atoms with Crippen molar-refractivity contribution in [2.75, 3.05) is 27.1 Å². The Labute approximate surface area is 206 Å². The molecule has 9 nitrogen and oxygen atoms in total. The number of aromatic nitrogens is 2. The van der Waals surface area contributed by atoms with Crippen LogP contribution in [0.2, 0.25) is 0 Å². The Morgan fingerprint density at radius 2 is 1.54 bits per heavy atom. The molecule has 0 spiro atoms. The lowest BCUT2D eigenvalue weighted by Crippen LogP contribution is -2.16. The maximum atomic E-state index is 12.9. The van der Waals surface area contributed by atoms with E-state index in [2.05, 4.69) is 4.98 Å². The number of hydrogen-bond acceptors (Lipinski definition) is 9. The quantitative estimate of drug-likeness (QED) is 0.199. The van der Waals surface area contributed by atoms with Gasteiger partial charge >= 0.3 is 17.9 Å². The number of Topliss-reactive ketones (excluding diaryl/α,β-unsaturated/α-hetero) is 1. The first-order valence-electron chi connectivity index (χ1n) is 10.4. The van der Waals surface area contributed by atoms with Crippen LogP contribution in [0, 0.1) is 13.8 Å². The molecule has 35 heavy (non-hydrogen) atoms. The van der Waals surface area contributed by atoms with Crippen molar-refractivity contribution in [3.05, 3.63) is 76.2 Å². The lowest BCUT2D eigenvalue weighted by molar-refractivity contribution is 0.0470.